The molecule has 1 aliphatic heterocycles. The summed E-state index contributed by atoms with van der Waals surface area (Å²) < 4.78 is 0. The van der Waals surface area contributed by atoms with E-state index < -0.39 is 0 Å². The molecule has 4 atom stereocenters. The van der Waals surface area contributed by atoms with E-state index in [0.29, 0.717) is 30.3 Å². The Morgan fingerprint density at radius 1 is 0.800 bits per heavy atom. The third-order valence-electron chi connectivity index (χ3n) is 6.43. The van der Waals surface area contributed by atoms with Gasteiger partial charge in [0.1, 0.15) is 0 Å². The SMILES string of the molecule is O=C1C2C3CCC(C3)C2N(Cc2ccccc2)N1Cc1ccccc1. The van der Waals surface area contributed by atoms with Gasteiger partial charge in [0.2, 0.25) is 5.91 Å². The van der Waals surface area contributed by atoms with Crippen molar-refractivity contribution in [1.82, 2.24) is 10.0 Å². The van der Waals surface area contributed by atoms with Crippen LogP contribution in [0.1, 0.15) is 30.4 Å². The quantitative estimate of drug-likeness (QED) is 0.849. The molecule has 2 aromatic rings. The van der Waals surface area contributed by atoms with Gasteiger partial charge in [0, 0.05) is 12.6 Å². The molecule has 5 rings (SSSR count). The summed E-state index contributed by atoms with van der Waals surface area (Å²) in [7, 11) is 0. The summed E-state index contributed by atoms with van der Waals surface area (Å²) >= 11 is 0. The smallest absolute Gasteiger partial charge is 0.242 e. The Hall–Kier alpha value is -2.13. The molecule has 2 aliphatic carbocycles. The molecule has 1 saturated heterocycles. The molecule has 0 N–H and O–H groups in total. The fourth-order valence-electron chi connectivity index (χ4n) is 5.38. The molecule has 3 heteroatoms. The van der Waals surface area contributed by atoms with Gasteiger partial charge < -0.3 is 0 Å². The van der Waals surface area contributed by atoms with Crippen LogP contribution in [-0.4, -0.2) is 22.0 Å². The number of carbonyl (C=O) groups is 1. The van der Waals surface area contributed by atoms with E-state index in [9.17, 15) is 4.79 Å². The number of rotatable bonds is 4. The van der Waals surface area contributed by atoms with Crippen LogP contribution < -0.4 is 0 Å². The number of carbonyl (C=O) groups excluding carboxylic acids is 1. The van der Waals surface area contributed by atoms with Gasteiger partial charge >= 0.3 is 0 Å². The highest BCUT2D eigenvalue weighted by Crippen LogP contribution is 2.54. The topological polar surface area (TPSA) is 23.6 Å². The van der Waals surface area contributed by atoms with Gasteiger partial charge in [0.05, 0.1) is 12.5 Å². The van der Waals surface area contributed by atoms with E-state index in [-0.39, 0.29) is 5.92 Å². The molecular formula is C22H24N2O. The molecule has 1 heterocycles. The summed E-state index contributed by atoms with van der Waals surface area (Å²) in [5.41, 5.74) is 2.50. The molecule has 2 bridgehead atoms. The van der Waals surface area contributed by atoms with Crippen molar-refractivity contribution in [3.63, 3.8) is 0 Å². The van der Waals surface area contributed by atoms with Gasteiger partial charge in [-0.2, -0.15) is 0 Å². The van der Waals surface area contributed by atoms with Crippen LogP contribution in [-0.2, 0) is 17.9 Å². The van der Waals surface area contributed by atoms with Crippen molar-refractivity contribution < 1.29 is 4.79 Å². The lowest BCUT2D eigenvalue weighted by atomic mass is 9.85. The molecule has 0 aromatic heterocycles. The molecule has 1 amide bonds. The van der Waals surface area contributed by atoms with E-state index in [1.54, 1.807) is 0 Å². The summed E-state index contributed by atoms with van der Waals surface area (Å²) in [6, 6.07) is 21.4. The first-order chi connectivity index (χ1) is 12.3. The van der Waals surface area contributed by atoms with E-state index in [2.05, 4.69) is 64.6 Å². The van der Waals surface area contributed by atoms with Gasteiger partial charge in [-0.1, -0.05) is 60.7 Å². The highest BCUT2D eigenvalue weighted by atomic mass is 16.2. The van der Waals surface area contributed by atoms with Crippen molar-refractivity contribution in [2.45, 2.75) is 38.4 Å². The van der Waals surface area contributed by atoms with Gasteiger partial charge in [-0.25, -0.2) is 5.01 Å². The van der Waals surface area contributed by atoms with Crippen LogP contribution in [0.15, 0.2) is 60.7 Å². The third kappa shape index (κ3) is 2.49. The molecule has 128 valence electrons. The Kier molecular flexibility index (Phi) is 3.63. The normalized spacial score (nSPS) is 30.9. The van der Waals surface area contributed by atoms with Crippen molar-refractivity contribution in [3.8, 4) is 0 Å². The number of fused-ring (bicyclic) bond motifs is 5. The molecule has 0 radical (unpaired) electrons. The molecule has 0 spiro atoms. The van der Waals surface area contributed by atoms with E-state index >= 15 is 0 Å². The van der Waals surface area contributed by atoms with Crippen molar-refractivity contribution in [2.24, 2.45) is 17.8 Å². The maximum absolute atomic E-state index is 13.3. The van der Waals surface area contributed by atoms with Gasteiger partial charge in [-0.05, 0) is 42.2 Å². The van der Waals surface area contributed by atoms with Gasteiger partial charge in [0.15, 0.2) is 0 Å². The highest BCUT2D eigenvalue weighted by Gasteiger charge is 2.59. The standard InChI is InChI=1S/C22H24N2O/c25-22-20-18-11-12-19(13-18)21(20)23(14-16-7-3-1-4-8-16)24(22)15-17-9-5-2-6-10-17/h1-10,18-21H,11-15H2. The number of amides is 1. The maximum atomic E-state index is 13.3. The second kappa shape index (κ2) is 5.99. The highest BCUT2D eigenvalue weighted by molar-refractivity contribution is 5.82. The molecule has 3 nitrogen and oxygen atoms in total. The number of nitrogens with zero attached hydrogens (tertiary/aromatic N) is 2. The molecule has 25 heavy (non-hydrogen) atoms. The lowest BCUT2D eigenvalue weighted by Crippen LogP contribution is -2.43. The van der Waals surface area contributed by atoms with Crippen molar-refractivity contribution in [3.05, 3.63) is 71.8 Å². The van der Waals surface area contributed by atoms with Crippen LogP contribution in [0.2, 0.25) is 0 Å². The van der Waals surface area contributed by atoms with Crippen LogP contribution in [0.3, 0.4) is 0 Å². The summed E-state index contributed by atoms with van der Waals surface area (Å²) in [5, 5.41) is 4.46. The van der Waals surface area contributed by atoms with Crippen molar-refractivity contribution in [1.29, 1.82) is 0 Å². The van der Waals surface area contributed by atoms with Gasteiger partial charge in [-0.15, -0.1) is 0 Å². The minimum Gasteiger partial charge on any atom is -0.273 e. The fraction of sp³-hybridized carbons (Fsp3) is 0.409. The average Bonchev–Trinajstić information content (AvgIpc) is 3.33. The van der Waals surface area contributed by atoms with E-state index in [1.807, 2.05) is 6.07 Å². The Morgan fingerprint density at radius 2 is 1.40 bits per heavy atom. The molecule has 2 aromatic carbocycles. The molecule has 3 fully saturated rings. The monoisotopic (exact) mass is 332 g/mol. The second-order valence-electron chi connectivity index (χ2n) is 7.81. The van der Waals surface area contributed by atoms with Crippen LogP contribution in [0.5, 0.6) is 0 Å². The Labute approximate surface area is 149 Å². The average molecular weight is 332 g/mol. The van der Waals surface area contributed by atoms with Crippen LogP contribution in [0.4, 0.5) is 0 Å². The van der Waals surface area contributed by atoms with Crippen molar-refractivity contribution >= 4 is 5.91 Å². The summed E-state index contributed by atoms with van der Waals surface area (Å²) in [4.78, 5) is 13.3. The minimum atomic E-state index is 0.228. The number of hydrogen-bond acceptors (Lipinski definition) is 2. The Balaban J connectivity index is 1.47. The van der Waals surface area contributed by atoms with Crippen LogP contribution >= 0.6 is 0 Å². The lowest BCUT2D eigenvalue weighted by Gasteiger charge is -2.34. The summed E-state index contributed by atoms with van der Waals surface area (Å²) in [5.74, 6) is 1.90. The first kappa shape index (κ1) is 15.2. The summed E-state index contributed by atoms with van der Waals surface area (Å²) in [6.45, 7) is 1.53. The van der Waals surface area contributed by atoms with Crippen LogP contribution in [0, 0.1) is 17.8 Å². The fourth-order valence-corrected chi connectivity index (χ4v) is 5.38. The van der Waals surface area contributed by atoms with E-state index in [1.165, 1.54) is 30.4 Å². The van der Waals surface area contributed by atoms with Crippen LogP contribution in [0.25, 0.3) is 0 Å². The lowest BCUT2D eigenvalue weighted by molar-refractivity contribution is -0.144. The zero-order chi connectivity index (χ0) is 16.8. The Morgan fingerprint density at radius 3 is 2.08 bits per heavy atom. The summed E-state index contributed by atoms with van der Waals surface area (Å²) in [6.07, 6.45) is 3.80. The minimum absolute atomic E-state index is 0.228. The zero-order valence-corrected chi connectivity index (χ0v) is 14.4. The Bertz CT molecular complexity index is 760. The van der Waals surface area contributed by atoms with Crippen molar-refractivity contribution in [2.75, 3.05) is 0 Å². The van der Waals surface area contributed by atoms with Gasteiger partial charge in [-0.3, -0.25) is 9.80 Å². The maximum Gasteiger partial charge on any atom is 0.242 e. The molecule has 2 saturated carbocycles. The first-order valence-corrected chi connectivity index (χ1v) is 9.47. The number of benzene rings is 2. The largest absolute Gasteiger partial charge is 0.273 e. The molecule has 4 unspecified atom stereocenters. The third-order valence-corrected chi connectivity index (χ3v) is 6.43. The second-order valence-corrected chi connectivity index (χ2v) is 7.81. The van der Waals surface area contributed by atoms with Gasteiger partial charge in [0.25, 0.3) is 0 Å². The van der Waals surface area contributed by atoms with E-state index in [0.717, 1.165) is 6.54 Å². The molecular weight excluding hydrogens is 308 g/mol. The first-order valence-electron chi connectivity index (χ1n) is 9.47. The molecule has 3 aliphatic rings. The number of hydrogen-bond donors (Lipinski definition) is 0. The van der Waals surface area contributed by atoms with E-state index in [4.69, 9.17) is 0 Å². The predicted octanol–water partition coefficient (Wildman–Crippen LogP) is 3.86. The number of hydrazine groups is 1. The predicted molar refractivity (Wildman–Crippen MR) is 97.1 cm³/mol. The zero-order valence-electron chi connectivity index (χ0n) is 14.4.